The highest BCUT2D eigenvalue weighted by molar-refractivity contribution is 5.95. The van der Waals surface area contributed by atoms with E-state index in [0.29, 0.717) is 11.3 Å². The number of ether oxygens (including phenoxy) is 2. The fourth-order valence-electron chi connectivity index (χ4n) is 2.31. The predicted molar refractivity (Wildman–Crippen MR) is 92.0 cm³/mol. The lowest BCUT2D eigenvalue weighted by Crippen LogP contribution is -2.30. The molecule has 0 unspecified atom stereocenters. The van der Waals surface area contributed by atoms with Gasteiger partial charge in [0.15, 0.2) is 17.7 Å². The van der Waals surface area contributed by atoms with Crippen molar-refractivity contribution in [1.82, 2.24) is 0 Å². The Morgan fingerprint density at radius 3 is 2.50 bits per heavy atom. The summed E-state index contributed by atoms with van der Waals surface area (Å²) in [6.07, 6.45) is -1.17. The minimum absolute atomic E-state index is 0.0619. The van der Waals surface area contributed by atoms with E-state index in [9.17, 15) is 18.4 Å². The Balaban J connectivity index is 1.96. The number of amides is 1. The van der Waals surface area contributed by atoms with Crippen molar-refractivity contribution in [3.05, 3.63) is 59.2 Å². The highest BCUT2D eigenvalue weighted by Gasteiger charge is 2.19. The van der Waals surface area contributed by atoms with E-state index >= 15 is 0 Å². The van der Waals surface area contributed by atoms with Gasteiger partial charge in [-0.05, 0) is 32.0 Å². The van der Waals surface area contributed by atoms with Crippen LogP contribution in [0.15, 0.2) is 36.4 Å². The smallest absolute Gasteiger partial charge is 0.311 e. The number of nitrogens with one attached hydrogen (secondary N) is 1. The summed E-state index contributed by atoms with van der Waals surface area (Å²) >= 11 is 0. The third kappa shape index (κ3) is 5.02. The second-order valence-corrected chi connectivity index (χ2v) is 5.74. The molecule has 26 heavy (non-hydrogen) atoms. The molecule has 0 spiro atoms. The fourth-order valence-corrected chi connectivity index (χ4v) is 2.31. The number of esters is 1. The van der Waals surface area contributed by atoms with Crippen molar-refractivity contribution in [3.63, 3.8) is 0 Å². The number of carbonyl (C=O) groups is 2. The molecule has 0 fully saturated rings. The van der Waals surface area contributed by atoms with E-state index in [4.69, 9.17) is 9.47 Å². The first kappa shape index (κ1) is 19.4. The Morgan fingerprint density at radius 1 is 1.12 bits per heavy atom. The van der Waals surface area contributed by atoms with Crippen LogP contribution in [0.3, 0.4) is 0 Å². The van der Waals surface area contributed by atoms with Crippen molar-refractivity contribution in [2.24, 2.45) is 0 Å². The summed E-state index contributed by atoms with van der Waals surface area (Å²) in [5.41, 5.74) is 1.67. The number of hydrogen-bond acceptors (Lipinski definition) is 4. The second-order valence-electron chi connectivity index (χ2n) is 5.74. The normalized spacial score (nSPS) is 11.6. The number of anilines is 1. The number of carbonyl (C=O) groups excluding carboxylic acids is 2. The number of halogens is 2. The van der Waals surface area contributed by atoms with Crippen LogP contribution < -0.4 is 10.1 Å². The number of benzene rings is 2. The van der Waals surface area contributed by atoms with E-state index in [-0.39, 0.29) is 12.1 Å². The lowest BCUT2D eigenvalue weighted by molar-refractivity contribution is -0.152. The Hall–Kier alpha value is -2.96. The second kappa shape index (κ2) is 8.42. The molecule has 0 aliphatic rings. The zero-order chi connectivity index (χ0) is 19.3. The molecule has 2 aromatic carbocycles. The Kier molecular flexibility index (Phi) is 6.27. The van der Waals surface area contributed by atoms with Crippen molar-refractivity contribution in [2.75, 3.05) is 12.4 Å². The third-order valence-electron chi connectivity index (χ3n) is 3.64. The molecular formula is C19H19F2NO4. The van der Waals surface area contributed by atoms with Gasteiger partial charge in [0.05, 0.1) is 13.5 Å². The molecule has 7 heteroatoms. The molecule has 0 bridgehead atoms. The van der Waals surface area contributed by atoms with Crippen LogP contribution in [0.1, 0.15) is 18.1 Å². The Labute approximate surface area is 149 Å². The van der Waals surface area contributed by atoms with E-state index in [1.165, 1.54) is 20.1 Å². The maximum atomic E-state index is 13.2. The number of methoxy groups -OCH3 is 1. The third-order valence-corrected chi connectivity index (χ3v) is 3.64. The Morgan fingerprint density at radius 2 is 1.85 bits per heavy atom. The van der Waals surface area contributed by atoms with Crippen LogP contribution in [0.2, 0.25) is 0 Å². The molecular weight excluding hydrogens is 344 g/mol. The largest absolute Gasteiger partial charge is 0.496 e. The van der Waals surface area contributed by atoms with Crippen LogP contribution in [0.25, 0.3) is 0 Å². The van der Waals surface area contributed by atoms with E-state index in [1.807, 2.05) is 13.0 Å². The standard InChI is InChI=1S/C19H19F2NO4/c1-11-4-7-17(25-3)13(8-11)9-18(23)26-12(2)19(24)22-14-5-6-15(20)16(21)10-14/h4-8,10,12H,9H2,1-3H3,(H,22,24)/t12-/m0/s1. The summed E-state index contributed by atoms with van der Waals surface area (Å²) in [5.74, 6) is -2.82. The molecule has 0 saturated heterocycles. The van der Waals surface area contributed by atoms with E-state index in [1.54, 1.807) is 12.1 Å². The average molecular weight is 363 g/mol. The molecule has 5 nitrogen and oxygen atoms in total. The van der Waals surface area contributed by atoms with Gasteiger partial charge < -0.3 is 14.8 Å². The molecule has 0 radical (unpaired) electrons. The molecule has 2 rings (SSSR count). The quantitative estimate of drug-likeness (QED) is 0.799. The first-order chi connectivity index (χ1) is 12.3. The van der Waals surface area contributed by atoms with Crippen LogP contribution in [0, 0.1) is 18.6 Å². The lowest BCUT2D eigenvalue weighted by Gasteiger charge is -2.15. The van der Waals surface area contributed by atoms with Gasteiger partial charge in [0.1, 0.15) is 5.75 Å². The summed E-state index contributed by atoms with van der Waals surface area (Å²) in [6.45, 7) is 3.27. The maximum absolute atomic E-state index is 13.2. The summed E-state index contributed by atoms with van der Waals surface area (Å²) in [6, 6.07) is 8.35. The van der Waals surface area contributed by atoms with Gasteiger partial charge in [0.25, 0.3) is 5.91 Å². The van der Waals surface area contributed by atoms with Crippen molar-refractivity contribution in [3.8, 4) is 5.75 Å². The molecule has 0 aliphatic carbocycles. The molecule has 138 valence electrons. The molecule has 0 aliphatic heterocycles. The minimum atomic E-state index is -1.11. The predicted octanol–water partition coefficient (Wildman–Crippen LogP) is 3.39. The molecule has 2 aromatic rings. The van der Waals surface area contributed by atoms with Crippen molar-refractivity contribution in [2.45, 2.75) is 26.4 Å². The van der Waals surface area contributed by atoms with Crippen LogP contribution in [-0.2, 0) is 20.7 Å². The van der Waals surface area contributed by atoms with Gasteiger partial charge >= 0.3 is 5.97 Å². The molecule has 0 saturated carbocycles. The first-order valence-electron chi connectivity index (χ1n) is 7.89. The number of hydrogen-bond donors (Lipinski definition) is 1. The van der Waals surface area contributed by atoms with Gasteiger partial charge in [0, 0.05) is 17.3 Å². The summed E-state index contributed by atoms with van der Waals surface area (Å²) in [5, 5.41) is 2.36. The van der Waals surface area contributed by atoms with Crippen molar-refractivity contribution >= 4 is 17.6 Å². The number of rotatable bonds is 6. The van der Waals surface area contributed by atoms with Crippen molar-refractivity contribution < 1.29 is 27.8 Å². The van der Waals surface area contributed by atoms with Crippen LogP contribution in [0.5, 0.6) is 5.75 Å². The highest BCUT2D eigenvalue weighted by atomic mass is 19.2. The van der Waals surface area contributed by atoms with Gasteiger partial charge in [-0.1, -0.05) is 17.7 Å². The summed E-state index contributed by atoms with van der Waals surface area (Å²) < 4.78 is 36.4. The van der Waals surface area contributed by atoms with E-state index in [2.05, 4.69) is 5.32 Å². The lowest BCUT2D eigenvalue weighted by atomic mass is 10.1. The topological polar surface area (TPSA) is 64.6 Å². The summed E-state index contributed by atoms with van der Waals surface area (Å²) in [7, 11) is 1.50. The van der Waals surface area contributed by atoms with Gasteiger partial charge in [-0.25, -0.2) is 8.78 Å². The Bertz CT molecular complexity index is 823. The number of aryl methyl sites for hydroxylation is 1. The average Bonchev–Trinajstić information content (AvgIpc) is 2.58. The highest BCUT2D eigenvalue weighted by Crippen LogP contribution is 2.21. The zero-order valence-electron chi connectivity index (χ0n) is 14.6. The molecule has 1 N–H and O–H groups in total. The molecule has 1 atom stereocenters. The maximum Gasteiger partial charge on any atom is 0.311 e. The summed E-state index contributed by atoms with van der Waals surface area (Å²) in [4.78, 5) is 24.1. The van der Waals surface area contributed by atoms with Gasteiger partial charge in [0.2, 0.25) is 0 Å². The van der Waals surface area contributed by atoms with E-state index in [0.717, 1.165) is 17.7 Å². The van der Waals surface area contributed by atoms with Gasteiger partial charge in [-0.2, -0.15) is 0 Å². The molecule has 1 amide bonds. The SMILES string of the molecule is COc1ccc(C)cc1CC(=O)O[C@@H](C)C(=O)Nc1ccc(F)c(F)c1. The van der Waals surface area contributed by atoms with E-state index < -0.39 is 29.6 Å². The van der Waals surface area contributed by atoms with Crippen LogP contribution in [0.4, 0.5) is 14.5 Å². The minimum Gasteiger partial charge on any atom is -0.496 e. The molecule has 0 heterocycles. The molecule has 0 aromatic heterocycles. The van der Waals surface area contributed by atoms with Gasteiger partial charge in [-0.3, -0.25) is 9.59 Å². The van der Waals surface area contributed by atoms with Crippen molar-refractivity contribution in [1.29, 1.82) is 0 Å². The van der Waals surface area contributed by atoms with Crippen LogP contribution in [-0.4, -0.2) is 25.1 Å². The van der Waals surface area contributed by atoms with Gasteiger partial charge in [-0.15, -0.1) is 0 Å². The fraction of sp³-hybridized carbons (Fsp3) is 0.263. The monoisotopic (exact) mass is 363 g/mol. The zero-order valence-corrected chi connectivity index (χ0v) is 14.6. The van der Waals surface area contributed by atoms with Crippen LogP contribution >= 0.6 is 0 Å². The first-order valence-corrected chi connectivity index (χ1v) is 7.89.